The lowest BCUT2D eigenvalue weighted by Gasteiger charge is -2.33. The molecule has 0 aromatic heterocycles. The third kappa shape index (κ3) is 7.53. The summed E-state index contributed by atoms with van der Waals surface area (Å²) in [4.78, 5) is 28.1. The van der Waals surface area contributed by atoms with Gasteiger partial charge >= 0.3 is 0 Å². The summed E-state index contributed by atoms with van der Waals surface area (Å²) in [5.74, 6) is -1.21. The van der Waals surface area contributed by atoms with E-state index < -0.39 is 34.3 Å². The monoisotopic (exact) mass is 517 g/mol. The summed E-state index contributed by atoms with van der Waals surface area (Å²) >= 11 is 0. The Morgan fingerprint density at radius 2 is 1.61 bits per heavy atom. The van der Waals surface area contributed by atoms with Crippen molar-refractivity contribution in [3.63, 3.8) is 0 Å². The molecule has 9 heteroatoms. The number of hydrogen-bond acceptors (Lipinski definition) is 4. The minimum absolute atomic E-state index is 0.0445. The van der Waals surface area contributed by atoms with Gasteiger partial charge in [-0.2, -0.15) is 0 Å². The van der Waals surface area contributed by atoms with Gasteiger partial charge in [-0.1, -0.05) is 37.5 Å². The predicted octanol–water partition coefficient (Wildman–Crippen LogP) is 4.07. The molecule has 0 bridgehead atoms. The lowest BCUT2D eigenvalue weighted by atomic mass is 9.95. The van der Waals surface area contributed by atoms with Crippen molar-refractivity contribution in [3.05, 3.63) is 65.0 Å². The summed E-state index contributed by atoms with van der Waals surface area (Å²) in [6, 6.07) is 10.3. The molecule has 2 amide bonds. The van der Waals surface area contributed by atoms with Gasteiger partial charge in [-0.05, 0) is 74.6 Å². The van der Waals surface area contributed by atoms with E-state index in [-0.39, 0.29) is 18.5 Å². The van der Waals surface area contributed by atoms with Crippen LogP contribution in [0.25, 0.3) is 0 Å². The van der Waals surface area contributed by atoms with E-state index in [0.29, 0.717) is 11.3 Å². The van der Waals surface area contributed by atoms with Crippen LogP contribution >= 0.6 is 0 Å². The van der Waals surface area contributed by atoms with E-state index >= 15 is 0 Å². The molecule has 7 nitrogen and oxygen atoms in total. The average molecular weight is 518 g/mol. The highest BCUT2D eigenvalue weighted by atomic mass is 32.2. The zero-order chi connectivity index (χ0) is 26.5. The average Bonchev–Trinajstić information content (AvgIpc) is 2.80. The first kappa shape index (κ1) is 27.6. The van der Waals surface area contributed by atoms with Crippen molar-refractivity contribution in [2.75, 3.05) is 17.1 Å². The number of nitrogens with zero attached hydrogens (tertiary/aromatic N) is 2. The van der Waals surface area contributed by atoms with Crippen molar-refractivity contribution < 1.29 is 22.4 Å². The van der Waals surface area contributed by atoms with Crippen LogP contribution in [-0.2, 0) is 26.2 Å². The molecule has 0 aliphatic heterocycles. The SMILES string of the molecule is Cc1cc(C)cc(N(CC(=O)N(Cc2ccc(F)cc2)[C@@H](C)C(=O)NC2CCCCC2)S(C)(=O)=O)c1. The highest BCUT2D eigenvalue weighted by Gasteiger charge is 2.31. The number of rotatable bonds is 9. The third-order valence-corrected chi connectivity index (χ3v) is 7.70. The number of aryl methyl sites for hydroxylation is 2. The minimum atomic E-state index is -3.79. The van der Waals surface area contributed by atoms with Gasteiger partial charge in [0.05, 0.1) is 11.9 Å². The van der Waals surface area contributed by atoms with Crippen molar-refractivity contribution in [1.29, 1.82) is 0 Å². The highest BCUT2D eigenvalue weighted by molar-refractivity contribution is 7.92. The van der Waals surface area contributed by atoms with E-state index in [2.05, 4.69) is 5.32 Å². The van der Waals surface area contributed by atoms with Crippen molar-refractivity contribution in [2.45, 2.75) is 71.5 Å². The first-order valence-corrected chi connectivity index (χ1v) is 14.2. The lowest BCUT2D eigenvalue weighted by molar-refractivity contribution is -0.139. The number of benzene rings is 2. The summed E-state index contributed by atoms with van der Waals surface area (Å²) in [5, 5.41) is 3.05. The Morgan fingerprint density at radius 3 is 2.17 bits per heavy atom. The number of halogens is 1. The van der Waals surface area contributed by atoms with Crippen LogP contribution in [0.2, 0.25) is 0 Å². The maximum Gasteiger partial charge on any atom is 0.244 e. The van der Waals surface area contributed by atoms with Gasteiger partial charge in [-0.15, -0.1) is 0 Å². The smallest absolute Gasteiger partial charge is 0.244 e. The van der Waals surface area contributed by atoms with Crippen LogP contribution in [0.5, 0.6) is 0 Å². The van der Waals surface area contributed by atoms with E-state index in [0.717, 1.165) is 53.8 Å². The van der Waals surface area contributed by atoms with Gasteiger partial charge in [-0.25, -0.2) is 12.8 Å². The summed E-state index contributed by atoms with van der Waals surface area (Å²) < 4.78 is 40.0. The van der Waals surface area contributed by atoms with E-state index in [9.17, 15) is 22.4 Å². The second-order valence-electron chi connectivity index (χ2n) is 9.78. The molecule has 0 spiro atoms. The van der Waals surface area contributed by atoms with Gasteiger partial charge in [0.25, 0.3) is 0 Å². The third-order valence-electron chi connectivity index (χ3n) is 6.56. The zero-order valence-corrected chi connectivity index (χ0v) is 22.3. The van der Waals surface area contributed by atoms with Crippen molar-refractivity contribution in [3.8, 4) is 0 Å². The molecule has 1 fully saturated rings. The van der Waals surface area contributed by atoms with E-state index in [1.807, 2.05) is 19.9 Å². The fraction of sp³-hybridized carbons (Fsp3) is 0.481. The summed E-state index contributed by atoms with van der Waals surface area (Å²) in [5.41, 5.74) is 2.77. The normalized spacial score (nSPS) is 15.2. The van der Waals surface area contributed by atoms with Crippen LogP contribution in [0.3, 0.4) is 0 Å². The molecule has 0 unspecified atom stereocenters. The van der Waals surface area contributed by atoms with Crippen LogP contribution in [0.15, 0.2) is 42.5 Å². The second-order valence-corrected chi connectivity index (χ2v) is 11.7. The molecule has 2 aromatic carbocycles. The van der Waals surface area contributed by atoms with Crippen molar-refractivity contribution in [2.24, 2.45) is 0 Å². The largest absolute Gasteiger partial charge is 0.352 e. The summed E-state index contributed by atoms with van der Waals surface area (Å²) in [6.07, 6.45) is 6.11. The number of carbonyl (C=O) groups is 2. The van der Waals surface area contributed by atoms with Gasteiger partial charge < -0.3 is 10.2 Å². The first-order chi connectivity index (χ1) is 16.9. The van der Waals surface area contributed by atoms with Crippen LogP contribution < -0.4 is 9.62 Å². The van der Waals surface area contributed by atoms with Crippen molar-refractivity contribution >= 4 is 27.5 Å². The Balaban J connectivity index is 1.88. The van der Waals surface area contributed by atoms with Gasteiger partial charge in [0.2, 0.25) is 21.8 Å². The number of amides is 2. The molecule has 1 N–H and O–H groups in total. The molecule has 3 rings (SSSR count). The Labute approximate surface area is 213 Å². The maximum absolute atomic E-state index is 13.6. The standard InChI is InChI=1S/C27H36FN3O4S/c1-19-14-20(2)16-25(15-19)31(36(4,34)35)18-26(32)30(17-22-10-12-23(28)13-11-22)21(3)27(33)29-24-8-6-5-7-9-24/h10-16,21,24H,5-9,17-18H2,1-4H3,(H,29,33)/t21-/m0/s1. The van der Waals surface area contributed by atoms with E-state index in [1.165, 1.54) is 17.0 Å². The fourth-order valence-electron chi connectivity index (χ4n) is 4.65. The Morgan fingerprint density at radius 1 is 1.03 bits per heavy atom. The number of nitrogens with one attached hydrogen (secondary N) is 1. The molecular weight excluding hydrogens is 481 g/mol. The van der Waals surface area contributed by atoms with Crippen LogP contribution in [0.4, 0.5) is 10.1 Å². The molecule has 1 atom stereocenters. The molecule has 1 saturated carbocycles. The van der Waals surface area contributed by atoms with Gasteiger partial charge in [0, 0.05) is 12.6 Å². The number of sulfonamides is 1. The summed E-state index contributed by atoms with van der Waals surface area (Å²) in [7, 11) is -3.79. The Kier molecular flexibility index (Phi) is 9.11. The van der Waals surface area contributed by atoms with E-state index in [4.69, 9.17) is 0 Å². The van der Waals surface area contributed by atoms with Gasteiger partial charge in [-0.3, -0.25) is 13.9 Å². The molecule has 1 aliphatic rings. The quantitative estimate of drug-likeness (QED) is 0.543. The highest BCUT2D eigenvalue weighted by Crippen LogP contribution is 2.23. The van der Waals surface area contributed by atoms with E-state index in [1.54, 1.807) is 31.2 Å². The predicted molar refractivity (Wildman–Crippen MR) is 140 cm³/mol. The minimum Gasteiger partial charge on any atom is -0.352 e. The lowest BCUT2D eigenvalue weighted by Crippen LogP contribution is -2.53. The number of carbonyl (C=O) groups excluding carboxylic acids is 2. The zero-order valence-electron chi connectivity index (χ0n) is 21.5. The first-order valence-electron chi connectivity index (χ1n) is 12.3. The molecule has 0 saturated heterocycles. The molecule has 36 heavy (non-hydrogen) atoms. The molecular formula is C27H36FN3O4S. The topological polar surface area (TPSA) is 86.8 Å². The molecule has 2 aromatic rings. The van der Waals surface area contributed by atoms with Crippen LogP contribution in [0.1, 0.15) is 55.7 Å². The van der Waals surface area contributed by atoms with Gasteiger partial charge in [0.15, 0.2) is 0 Å². The number of hydrogen-bond donors (Lipinski definition) is 1. The van der Waals surface area contributed by atoms with Gasteiger partial charge in [0.1, 0.15) is 18.4 Å². The van der Waals surface area contributed by atoms with Crippen LogP contribution in [-0.4, -0.2) is 50.0 Å². The molecule has 196 valence electrons. The fourth-order valence-corrected chi connectivity index (χ4v) is 5.48. The Bertz CT molecular complexity index is 1160. The molecule has 1 aliphatic carbocycles. The molecule has 0 heterocycles. The molecule has 0 radical (unpaired) electrons. The van der Waals surface area contributed by atoms with Crippen molar-refractivity contribution in [1.82, 2.24) is 10.2 Å². The van der Waals surface area contributed by atoms with Crippen LogP contribution in [0, 0.1) is 19.7 Å². The second kappa shape index (κ2) is 11.9. The number of anilines is 1. The summed E-state index contributed by atoms with van der Waals surface area (Å²) in [6.45, 7) is 4.95. The maximum atomic E-state index is 13.6. The Hall–Kier alpha value is -2.94.